The number of nitrogens with zero attached hydrogens (tertiary/aromatic N) is 1. The van der Waals surface area contributed by atoms with Gasteiger partial charge in [-0.25, -0.2) is 13.1 Å². The number of hydrogen-bond acceptors (Lipinski definition) is 4. The number of para-hydroxylation sites is 1. The predicted octanol–water partition coefficient (Wildman–Crippen LogP) is 3.24. The number of carbonyl (C=O) groups is 2. The molecule has 2 N–H and O–H groups in total. The van der Waals surface area contributed by atoms with Gasteiger partial charge in [0, 0.05) is 19.0 Å². The molecule has 2 amide bonds. The fraction of sp³-hybridized carbons (Fsp3) is 0.391. The third kappa shape index (κ3) is 5.51. The highest BCUT2D eigenvalue weighted by molar-refractivity contribution is 7.89. The molecule has 0 spiro atoms. The van der Waals surface area contributed by atoms with Crippen LogP contribution in [0.15, 0.2) is 53.4 Å². The monoisotopic (exact) mass is 443 g/mol. The topological polar surface area (TPSA) is 95.6 Å². The lowest BCUT2D eigenvalue weighted by atomic mass is 9.90. The fourth-order valence-corrected chi connectivity index (χ4v) is 5.47. The Morgan fingerprint density at radius 1 is 1.06 bits per heavy atom. The number of carbonyl (C=O) groups excluding carboxylic acids is 2. The van der Waals surface area contributed by atoms with Crippen LogP contribution in [0.25, 0.3) is 0 Å². The van der Waals surface area contributed by atoms with E-state index in [-0.39, 0.29) is 34.9 Å². The first kappa shape index (κ1) is 23.0. The molecule has 1 atom stereocenters. The summed E-state index contributed by atoms with van der Waals surface area (Å²) in [6.45, 7) is 7.30. The normalized spacial score (nSPS) is 16.5. The van der Waals surface area contributed by atoms with Gasteiger partial charge in [0.15, 0.2) is 0 Å². The van der Waals surface area contributed by atoms with E-state index >= 15 is 0 Å². The predicted molar refractivity (Wildman–Crippen MR) is 120 cm³/mol. The second-order valence-electron chi connectivity index (χ2n) is 8.78. The smallest absolute Gasteiger partial charge is 0.243 e. The summed E-state index contributed by atoms with van der Waals surface area (Å²) >= 11 is 0. The minimum Gasteiger partial charge on any atom is -0.335 e. The van der Waals surface area contributed by atoms with Crippen LogP contribution >= 0.6 is 0 Å². The molecule has 1 aliphatic rings. The van der Waals surface area contributed by atoms with Crippen molar-refractivity contribution in [3.05, 3.63) is 59.7 Å². The zero-order chi connectivity index (χ0) is 22.8. The molecule has 166 valence electrons. The Balaban J connectivity index is 1.85. The Morgan fingerprint density at radius 3 is 2.39 bits per heavy atom. The summed E-state index contributed by atoms with van der Waals surface area (Å²) in [5, 5.41) is 2.74. The maximum absolute atomic E-state index is 13.0. The van der Waals surface area contributed by atoms with Crippen LogP contribution in [-0.2, 0) is 26.0 Å². The molecule has 0 radical (unpaired) electrons. The van der Waals surface area contributed by atoms with E-state index < -0.39 is 15.6 Å². The Kier molecular flexibility index (Phi) is 6.52. The minimum absolute atomic E-state index is 0.00532. The summed E-state index contributed by atoms with van der Waals surface area (Å²) in [5.41, 5.74) is 1.62. The minimum atomic E-state index is -3.83. The summed E-state index contributed by atoms with van der Waals surface area (Å²) in [7, 11) is -3.83. The molecule has 1 heterocycles. The van der Waals surface area contributed by atoms with E-state index in [9.17, 15) is 18.0 Å². The van der Waals surface area contributed by atoms with Gasteiger partial charge < -0.3 is 10.2 Å². The molecule has 7 nitrogen and oxygen atoms in total. The molecule has 2 aromatic rings. The van der Waals surface area contributed by atoms with Crippen molar-refractivity contribution in [1.29, 1.82) is 0 Å². The van der Waals surface area contributed by atoms with Crippen LogP contribution in [0.3, 0.4) is 0 Å². The number of nitrogens with one attached hydrogen (secondary N) is 2. The molecule has 1 unspecified atom stereocenters. The van der Waals surface area contributed by atoms with Gasteiger partial charge in [0.2, 0.25) is 21.8 Å². The molecule has 0 fully saturated rings. The van der Waals surface area contributed by atoms with Crippen LogP contribution in [0.2, 0.25) is 0 Å². The lowest BCUT2D eigenvalue weighted by molar-refractivity contribution is -0.132. The second kappa shape index (κ2) is 8.80. The molecular formula is C23H29N3O4S. The standard InChI is InChI=1S/C23H29N3O4S/c1-16(27)26-14-13-17-9-5-6-10-18(17)20(26)15-22(28)24-19-11-7-8-12-21(19)31(29,30)25-23(2,3)4/h5-12,20,25H,13-15H2,1-4H3,(H,24,28). The van der Waals surface area contributed by atoms with E-state index in [0.717, 1.165) is 17.5 Å². The Bertz CT molecular complexity index is 1090. The average Bonchev–Trinajstić information content (AvgIpc) is 2.66. The first-order valence-corrected chi connectivity index (χ1v) is 11.7. The molecule has 3 rings (SSSR count). The molecule has 31 heavy (non-hydrogen) atoms. The summed E-state index contributed by atoms with van der Waals surface area (Å²) in [4.78, 5) is 26.8. The molecule has 0 saturated heterocycles. The lowest BCUT2D eigenvalue weighted by Crippen LogP contribution is -2.41. The third-order valence-electron chi connectivity index (χ3n) is 5.09. The van der Waals surface area contributed by atoms with Crippen LogP contribution in [0, 0.1) is 0 Å². The van der Waals surface area contributed by atoms with Crippen LogP contribution in [0.1, 0.15) is 51.3 Å². The quantitative estimate of drug-likeness (QED) is 0.742. The van der Waals surface area contributed by atoms with Crippen molar-refractivity contribution in [2.75, 3.05) is 11.9 Å². The van der Waals surface area contributed by atoms with Crippen LogP contribution in [0.4, 0.5) is 5.69 Å². The van der Waals surface area contributed by atoms with Crippen molar-refractivity contribution >= 4 is 27.5 Å². The number of anilines is 1. The second-order valence-corrected chi connectivity index (χ2v) is 10.4. The molecule has 1 aliphatic heterocycles. The Morgan fingerprint density at radius 2 is 1.71 bits per heavy atom. The van der Waals surface area contributed by atoms with E-state index in [2.05, 4.69) is 10.0 Å². The van der Waals surface area contributed by atoms with Crippen LogP contribution < -0.4 is 10.0 Å². The van der Waals surface area contributed by atoms with Gasteiger partial charge in [-0.15, -0.1) is 0 Å². The summed E-state index contributed by atoms with van der Waals surface area (Å²) < 4.78 is 28.3. The number of rotatable bonds is 5. The Hall–Kier alpha value is -2.71. The number of benzene rings is 2. The van der Waals surface area contributed by atoms with Crippen molar-refractivity contribution < 1.29 is 18.0 Å². The molecule has 0 aromatic heterocycles. The van der Waals surface area contributed by atoms with E-state index in [4.69, 9.17) is 0 Å². The summed E-state index contributed by atoms with van der Waals surface area (Å²) in [6, 6.07) is 13.7. The summed E-state index contributed by atoms with van der Waals surface area (Å²) in [6.07, 6.45) is 0.783. The number of sulfonamides is 1. The average molecular weight is 444 g/mol. The van der Waals surface area contributed by atoms with Crippen molar-refractivity contribution in [1.82, 2.24) is 9.62 Å². The zero-order valence-electron chi connectivity index (χ0n) is 18.3. The van der Waals surface area contributed by atoms with E-state index in [1.54, 1.807) is 43.9 Å². The van der Waals surface area contributed by atoms with E-state index in [0.29, 0.717) is 6.54 Å². The Labute approximate surface area is 183 Å². The highest BCUT2D eigenvalue weighted by atomic mass is 32.2. The zero-order valence-corrected chi connectivity index (χ0v) is 19.1. The first-order chi connectivity index (χ1) is 14.5. The van der Waals surface area contributed by atoms with Crippen molar-refractivity contribution in [3.63, 3.8) is 0 Å². The van der Waals surface area contributed by atoms with Gasteiger partial charge in [0.25, 0.3) is 0 Å². The maximum atomic E-state index is 13.0. The van der Waals surface area contributed by atoms with Crippen molar-refractivity contribution in [3.8, 4) is 0 Å². The molecule has 0 saturated carbocycles. The van der Waals surface area contributed by atoms with Gasteiger partial charge in [-0.3, -0.25) is 9.59 Å². The SMILES string of the molecule is CC(=O)N1CCc2ccccc2C1CC(=O)Nc1ccccc1S(=O)(=O)NC(C)(C)C. The van der Waals surface area contributed by atoms with Gasteiger partial charge in [0.1, 0.15) is 4.90 Å². The number of hydrogen-bond donors (Lipinski definition) is 2. The molecule has 8 heteroatoms. The van der Waals surface area contributed by atoms with Gasteiger partial charge >= 0.3 is 0 Å². The third-order valence-corrected chi connectivity index (χ3v) is 6.90. The van der Waals surface area contributed by atoms with Crippen LogP contribution in [0.5, 0.6) is 0 Å². The highest BCUT2D eigenvalue weighted by Gasteiger charge is 2.31. The van der Waals surface area contributed by atoms with Gasteiger partial charge in [-0.1, -0.05) is 36.4 Å². The van der Waals surface area contributed by atoms with Crippen molar-refractivity contribution in [2.45, 2.75) is 57.0 Å². The molecule has 0 bridgehead atoms. The number of fused-ring (bicyclic) bond motifs is 1. The highest BCUT2D eigenvalue weighted by Crippen LogP contribution is 2.33. The maximum Gasteiger partial charge on any atom is 0.243 e. The molecule has 0 aliphatic carbocycles. The van der Waals surface area contributed by atoms with E-state index in [1.807, 2.05) is 24.3 Å². The molecule has 2 aromatic carbocycles. The molecular weight excluding hydrogens is 414 g/mol. The first-order valence-electron chi connectivity index (χ1n) is 10.3. The van der Waals surface area contributed by atoms with E-state index in [1.165, 1.54) is 13.0 Å². The fourth-order valence-electron chi connectivity index (χ4n) is 3.89. The van der Waals surface area contributed by atoms with Gasteiger partial charge in [-0.2, -0.15) is 0 Å². The van der Waals surface area contributed by atoms with Gasteiger partial charge in [-0.05, 0) is 50.5 Å². The summed E-state index contributed by atoms with van der Waals surface area (Å²) in [5.74, 6) is -0.448. The number of amides is 2. The van der Waals surface area contributed by atoms with Gasteiger partial charge in [0.05, 0.1) is 18.2 Å². The van der Waals surface area contributed by atoms with Crippen LogP contribution in [-0.4, -0.2) is 37.2 Å². The largest absolute Gasteiger partial charge is 0.335 e. The van der Waals surface area contributed by atoms with Crippen molar-refractivity contribution in [2.24, 2.45) is 0 Å². The lowest BCUT2D eigenvalue weighted by Gasteiger charge is -2.36.